The monoisotopic (exact) mass is 286 g/mol. The molecule has 1 aliphatic rings. The van der Waals surface area contributed by atoms with Gasteiger partial charge in [0.15, 0.2) is 0 Å². The molecule has 3 rings (SSSR count). The first-order valence-electron chi connectivity index (χ1n) is 7.69. The van der Waals surface area contributed by atoms with Crippen molar-refractivity contribution in [2.75, 3.05) is 13.1 Å². The van der Waals surface area contributed by atoms with E-state index in [9.17, 15) is 0 Å². The SMILES string of the molecule is Cc1cccnc1-c1noc(CC(C)C2CCCNC2)n1. The lowest BCUT2D eigenvalue weighted by Crippen LogP contribution is -2.33. The molecule has 0 bridgehead atoms. The van der Waals surface area contributed by atoms with E-state index < -0.39 is 0 Å². The molecule has 0 aliphatic carbocycles. The average molecular weight is 286 g/mol. The van der Waals surface area contributed by atoms with Crippen LogP contribution in [0.1, 0.15) is 31.2 Å². The molecule has 0 radical (unpaired) electrons. The van der Waals surface area contributed by atoms with E-state index in [2.05, 4.69) is 27.4 Å². The highest BCUT2D eigenvalue weighted by atomic mass is 16.5. The van der Waals surface area contributed by atoms with Gasteiger partial charge < -0.3 is 9.84 Å². The van der Waals surface area contributed by atoms with Crippen LogP contribution in [0.2, 0.25) is 0 Å². The van der Waals surface area contributed by atoms with Crippen molar-refractivity contribution in [3.05, 3.63) is 29.8 Å². The van der Waals surface area contributed by atoms with E-state index in [0.29, 0.717) is 23.6 Å². The maximum absolute atomic E-state index is 5.41. The first kappa shape index (κ1) is 14.2. The van der Waals surface area contributed by atoms with Crippen molar-refractivity contribution in [2.45, 2.75) is 33.1 Å². The topological polar surface area (TPSA) is 63.8 Å². The van der Waals surface area contributed by atoms with Crippen molar-refractivity contribution < 1.29 is 4.52 Å². The zero-order valence-corrected chi connectivity index (χ0v) is 12.7. The minimum Gasteiger partial charge on any atom is -0.339 e. The zero-order chi connectivity index (χ0) is 14.7. The largest absolute Gasteiger partial charge is 0.339 e. The molecular weight excluding hydrogens is 264 g/mol. The Bertz CT molecular complexity index is 589. The molecule has 0 amide bonds. The van der Waals surface area contributed by atoms with Crippen LogP contribution < -0.4 is 5.32 Å². The Balaban J connectivity index is 1.69. The molecule has 0 aromatic carbocycles. The highest BCUT2D eigenvalue weighted by Crippen LogP contribution is 2.24. The van der Waals surface area contributed by atoms with Crippen LogP contribution >= 0.6 is 0 Å². The molecule has 1 aliphatic heterocycles. The summed E-state index contributed by atoms with van der Waals surface area (Å²) >= 11 is 0. The Kier molecular flexibility index (Phi) is 4.29. The number of aromatic nitrogens is 3. The summed E-state index contributed by atoms with van der Waals surface area (Å²) < 4.78 is 5.41. The van der Waals surface area contributed by atoms with E-state index in [1.807, 2.05) is 19.1 Å². The van der Waals surface area contributed by atoms with E-state index in [0.717, 1.165) is 30.8 Å². The predicted molar refractivity (Wildman–Crippen MR) is 80.7 cm³/mol. The van der Waals surface area contributed by atoms with Gasteiger partial charge >= 0.3 is 0 Å². The molecule has 112 valence electrons. The number of aryl methyl sites for hydroxylation is 1. The Labute approximate surface area is 125 Å². The fraction of sp³-hybridized carbons (Fsp3) is 0.562. The van der Waals surface area contributed by atoms with Gasteiger partial charge in [0, 0.05) is 12.6 Å². The van der Waals surface area contributed by atoms with Gasteiger partial charge in [-0.2, -0.15) is 4.98 Å². The highest BCUT2D eigenvalue weighted by Gasteiger charge is 2.22. The Morgan fingerprint density at radius 2 is 2.38 bits per heavy atom. The molecule has 0 spiro atoms. The number of rotatable bonds is 4. The summed E-state index contributed by atoms with van der Waals surface area (Å²) in [5, 5.41) is 7.54. The summed E-state index contributed by atoms with van der Waals surface area (Å²) in [6.07, 6.45) is 5.14. The van der Waals surface area contributed by atoms with E-state index in [1.54, 1.807) is 6.20 Å². The van der Waals surface area contributed by atoms with Crippen LogP contribution in [0.25, 0.3) is 11.5 Å². The van der Waals surface area contributed by atoms with Gasteiger partial charge in [0.1, 0.15) is 5.69 Å². The zero-order valence-electron chi connectivity index (χ0n) is 12.7. The van der Waals surface area contributed by atoms with Crippen molar-refractivity contribution in [1.29, 1.82) is 0 Å². The van der Waals surface area contributed by atoms with E-state index >= 15 is 0 Å². The van der Waals surface area contributed by atoms with E-state index in [4.69, 9.17) is 4.52 Å². The lowest BCUT2D eigenvalue weighted by Gasteiger charge is -2.27. The van der Waals surface area contributed by atoms with Crippen LogP contribution in [0.4, 0.5) is 0 Å². The molecule has 1 N–H and O–H groups in total. The normalized spacial score (nSPS) is 20.4. The fourth-order valence-corrected chi connectivity index (χ4v) is 2.96. The number of piperidine rings is 1. The molecule has 0 saturated carbocycles. The maximum Gasteiger partial charge on any atom is 0.227 e. The van der Waals surface area contributed by atoms with Gasteiger partial charge in [0.2, 0.25) is 11.7 Å². The molecule has 5 nitrogen and oxygen atoms in total. The van der Waals surface area contributed by atoms with Crippen molar-refractivity contribution in [1.82, 2.24) is 20.4 Å². The summed E-state index contributed by atoms with van der Waals surface area (Å²) in [5.41, 5.74) is 1.87. The van der Waals surface area contributed by atoms with Crippen molar-refractivity contribution in [2.24, 2.45) is 11.8 Å². The first-order valence-corrected chi connectivity index (χ1v) is 7.69. The van der Waals surface area contributed by atoms with Crippen LogP contribution in [-0.4, -0.2) is 28.2 Å². The molecule has 3 heterocycles. The van der Waals surface area contributed by atoms with Gasteiger partial charge in [0.25, 0.3) is 0 Å². The van der Waals surface area contributed by atoms with Crippen molar-refractivity contribution >= 4 is 0 Å². The predicted octanol–water partition coefficient (Wildman–Crippen LogP) is 2.62. The third-order valence-corrected chi connectivity index (χ3v) is 4.33. The molecule has 5 heteroatoms. The maximum atomic E-state index is 5.41. The minimum atomic E-state index is 0.552. The van der Waals surface area contributed by atoms with Gasteiger partial charge in [-0.15, -0.1) is 0 Å². The molecule has 2 aromatic heterocycles. The van der Waals surface area contributed by atoms with Gasteiger partial charge in [-0.3, -0.25) is 4.98 Å². The number of hydrogen-bond acceptors (Lipinski definition) is 5. The third kappa shape index (κ3) is 3.29. The molecule has 2 aromatic rings. The standard InChI is InChI=1S/C16H22N4O/c1-11-5-3-8-18-15(11)16-19-14(21-20-16)9-12(2)13-6-4-7-17-10-13/h3,5,8,12-13,17H,4,6-7,9-10H2,1-2H3. The first-order chi connectivity index (χ1) is 10.2. The van der Waals surface area contributed by atoms with Crippen LogP contribution in [0.5, 0.6) is 0 Å². The summed E-state index contributed by atoms with van der Waals surface area (Å²) in [6, 6.07) is 3.92. The third-order valence-electron chi connectivity index (χ3n) is 4.33. The smallest absolute Gasteiger partial charge is 0.227 e. The summed E-state index contributed by atoms with van der Waals surface area (Å²) in [7, 11) is 0. The molecule has 1 saturated heterocycles. The lowest BCUT2D eigenvalue weighted by atomic mass is 9.85. The van der Waals surface area contributed by atoms with Gasteiger partial charge in [0.05, 0.1) is 0 Å². The van der Waals surface area contributed by atoms with E-state index in [-0.39, 0.29) is 0 Å². The molecule has 21 heavy (non-hydrogen) atoms. The summed E-state index contributed by atoms with van der Waals surface area (Å²) in [5.74, 6) is 2.56. The van der Waals surface area contributed by atoms with Gasteiger partial charge in [-0.05, 0) is 56.3 Å². The second kappa shape index (κ2) is 6.35. The second-order valence-electron chi connectivity index (χ2n) is 5.97. The Morgan fingerprint density at radius 1 is 1.48 bits per heavy atom. The molecular formula is C16H22N4O. The van der Waals surface area contributed by atoms with Gasteiger partial charge in [-0.25, -0.2) is 0 Å². The van der Waals surface area contributed by atoms with Crippen LogP contribution in [0.3, 0.4) is 0 Å². The number of nitrogens with zero attached hydrogens (tertiary/aromatic N) is 3. The quantitative estimate of drug-likeness (QED) is 0.936. The number of hydrogen-bond donors (Lipinski definition) is 1. The molecule has 1 fully saturated rings. The molecule has 2 atom stereocenters. The van der Waals surface area contributed by atoms with E-state index in [1.165, 1.54) is 12.8 Å². The fourth-order valence-electron chi connectivity index (χ4n) is 2.96. The lowest BCUT2D eigenvalue weighted by molar-refractivity contribution is 0.257. The highest BCUT2D eigenvalue weighted by molar-refractivity contribution is 5.53. The average Bonchev–Trinajstić information content (AvgIpc) is 2.97. The van der Waals surface area contributed by atoms with Crippen molar-refractivity contribution in [3.8, 4) is 11.5 Å². The van der Waals surface area contributed by atoms with Crippen LogP contribution in [-0.2, 0) is 6.42 Å². The number of pyridine rings is 1. The second-order valence-corrected chi connectivity index (χ2v) is 5.97. The summed E-state index contributed by atoms with van der Waals surface area (Å²) in [4.78, 5) is 8.85. The Hall–Kier alpha value is -1.75. The summed E-state index contributed by atoms with van der Waals surface area (Å²) in [6.45, 7) is 6.52. The molecule has 2 unspecified atom stereocenters. The Morgan fingerprint density at radius 3 is 3.14 bits per heavy atom. The van der Waals surface area contributed by atoms with Gasteiger partial charge in [-0.1, -0.05) is 18.1 Å². The van der Waals surface area contributed by atoms with Crippen LogP contribution in [0.15, 0.2) is 22.9 Å². The number of nitrogens with one attached hydrogen (secondary N) is 1. The van der Waals surface area contributed by atoms with Crippen molar-refractivity contribution in [3.63, 3.8) is 0 Å². The van der Waals surface area contributed by atoms with Crippen LogP contribution in [0, 0.1) is 18.8 Å². The minimum absolute atomic E-state index is 0.552.